The van der Waals surface area contributed by atoms with Crippen molar-refractivity contribution in [2.75, 3.05) is 32.1 Å². The largest absolute Gasteiger partial charge is 0.374 e. The normalized spacial score (nSPS) is 13.6. The number of amides is 1. The van der Waals surface area contributed by atoms with E-state index in [1.165, 1.54) is 16.8 Å². The molecule has 2 N–H and O–H groups in total. The molecule has 0 aliphatic carbocycles. The highest BCUT2D eigenvalue weighted by Gasteiger charge is 2.15. The standard InChI is InChI=1S/C13H19N3O/c1-14-13(17)9-15-8-10-3-4-12-11(7-10)5-6-16(12)2/h3-4,7,15H,5-6,8-9H2,1-2H3,(H,14,17). The van der Waals surface area contributed by atoms with E-state index in [1.807, 2.05) is 0 Å². The van der Waals surface area contributed by atoms with E-state index in [2.05, 4.69) is 40.8 Å². The van der Waals surface area contributed by atoms with Gasteiger partial charge in [0.25, 0.3) is 0 Å². The van der Waals surface area contributed by atoms with Gasteiger partial charge in [0.15, 0.2) is 0 Å². The fourth-order valence-corrected chi connectivity index (χ4v) is 2.14. The Balaban J connectivity index is 1.92. The first-order chi connectivity index (χ1) is 8.20. The molecule has 0 saturated carbocycles. The zero-order valence-corrected chi connectivity index (χ0v) is 10.4. The summed E-state index contributed by atoms with van der Waals surface area (Å²) < 4.78 is 0. The topological polar surface area (TPSA) is 44.4 Å². The molecule has 0 aromatic heterocycles. The van der Waals surface area contributed by atoms with Crippen molar-refractivity contribution in [3.05, 3.63) is 29.3 Å². The summed E-state index contributed by atoms with van der Waals surface area (Å²) in [5.41, 5.74) is 3.98. The van der Waals surface area contributed by atoms with Gasteiger partial charge in [-0.25, -0.2) is 0 Å². The lowest BCUT2D eigenvalue weighted by Gasteiger charge is -2.12. The van der Waals surface area contributed by atoms with Crippen molar-refractivity contribution in [1.29, 1.82) is 0 Å². The fourth-order valence-electron chi connectivity index (χ4n) is 2.14. The molecule has 1 aliphatic rings. The number of hydrogen-bond acceptors (Lipinski definition) is 3. The van der Waals surface area contributed by atoms with Gasteiger partial charge < -0.3 is 15.5 Å². The predicted molar refractivity (Wildman–Crippen MR) is 69.2 cm³/mol. The second-order valence-corrected chi connectivity index (χ2v) is 4.41. The van der Waals surface area contributed by atoms with Gasteiger partial charge in [-0.1, -0.05) is 12.1 Å². The third kappa shape index (κ3) is 2.77. The van der Waals surface area contributed by atoms with E-state index in [1.54, 1.807) is 7.05 Å². The minimum absolute atomic E-state index is 0.0193. The second kappa shape index (κ2) is 5.19. The molecule has 1 amide bonds. The van der Waals surface area contributed by atoms with E-state index in [-0.39, 0.29) is 5.91 Å². The third-order valence-electron chi connectivity index (χ3n) is 3.17. The average Bonchev–Trinajstić information content (AvgIpc) is 2.70. The van der Waals surface area contributed by atoms with Crippen LogP contribution in [0.1, 0.15) is 11.1 Å². The van der Waals surface area contributed by atoms with Gasteiger partial charge >= 0.3 is 0 Å². The quantitative estimate of drug-likeness (QED) is 0.796. The molecule has 0 saturated heterocycles. The van der Waals surface area contributed by atoms with Gasteiger partial charge in [-0.05, 0) is 23.6 Å². The van der Waals surface area contributed by atoms with E-state index < -0.39 is 0 Å². The summed E-state index contributed by atoms with van der Waals surface area (Å²) in [6.45, 7) is 2.21. The Labute approximate surface area is 102 Å². The molecule has 92 valence electrons. The Morgan fingerprint density at radius 1 is 1.47 bits per heavy atom. The van der Waals surface area contributed by atoms with Crippen LogP contribution in [0.4, 0.5) is 5.69 Å². The molecule has 4 nitrogen and oxygen atoms in total. The smallest absolute Gasteiger partial charge is 0.233 e. The molecule has 1 heterocycles. The van der Waals surface area contributed by atoms with Crippen molar-refractivity contribution in [3.8, 4) is 0 Å². The maximum Gasteiger partial charge on any atom is 0.233 e. The first-order valence-electron chi connectivity index (χ1n) is 5.95. The molecule has 0 unspecified atom stereocenters. The molecule has 17 heavy (non-hydrogen) atoms. The van der Waals surface area contributed by atoms with Crippen molar-refractivity contribution in [2.24, 2.45) is 0 Å². The van der Waals surface area contributed by atoms with E-state index in [0.29, 0.717) is 6.54 Å². The zero-order chi connectivity index (χ0) is 12.3. The van der Waals surface area contributed by atoms with Gasteiger partial charge in [-0.3, -0.25) is 4.79 Å². The second-order valence-electron chi connectivity index (χ2n) is 4.41. The van der Waals surface area contributed by atoms with E-state index in [4.69, 9.17) is 0 Å². The lowest BCUT2D eigenvalue weighted by molar-refractivity contribution is -0.119. The molecule has 0 atom stereocenters. The number of nitrogens with zero attached hydrogens (tertiary/aromatic N) is 1. The summed E-state index contributed by atoms with van der Waals surface area (Å²) in [5, 5.41) is 5.72. The van der Waals surface area contributed by atoms with Crippen molar-refractivity contribution in [2.45, 2.75) is 13.0 Å². The Kier molecular flexibility index (Phi) is 3.64. The number of carbonyl (C=O) groups excluding carboxylic acids is 1. The van der Waals surface area contributed by atoms with Crippen LogP contribution in [0, 0.1) is 0 Å². The van der Waals surface area contributed by atoms with Crippen LogP contribution < -0.4 is 15.5 Å². The SMILES string of the molecule is CNC(=O)CNCc1ccc2c(c1)CCN2C. The molecule has 4 heteroatoms. The first-order valence-corrected chi connectivity index (χ1v) is 5.95. The van der Waals surface area contributed by atoms with Crippen LogP contribution in [0.25, 0.3) is 0 Å². The van der Waals surface area contributed by atoms with Crippen LogP contribution in [-0.4, -0.2) is 33.1 Å². The monoisotopic (exact) mass is 233 g/mol. The minimum Gasteiger partial charge on any atom is -0.374 e. The van der Waals surface area contributed by atoms with Crippen LogP contribution in [-0.2, 0) is 17.8 Å². The Morgan fingerprint density at radius 2 is 2.29 bits per heavy atom. The molecule has 1 aromatic rings. The number of benzene rings is 1. The summed E-state index contributed by atoms with van der Waals surface area (Å²) in [6, 6.07) is 6.52. The Hall–Kier alpha value is -1.55. The van der Waals surface area contributed by atoms with Gasteiger partial charge in [0.2, 0.25) is 5.91 Å². The fraction of sp³-hybridized carbons (Fsp3) is 0.462. The zero-order valence-electron chi connectivity index (χ0n) is 10.4. The molecule has 0 bridgehead atoms. The number of nitrogens with one attached hydrogen (secondary N) is 2. The number of hydrogen-bond donors (Lipinski definition) is 2. The van der Waals surface area contributed by atoms with Crippen LogP contribution >= 0.6 is 0 Å². The molecule has 1 aromatic carbocycles. The van der Waals surface area contributed by atoms with Crippen LogP contribution in [0.2, 0.25) is 0 Å². The number of rotatable bonds is 4. The molecule has 1 aliphatic heterocycles. The number of likely N-dealkylation sites (N-methyl/N-ethyl adjacent to an activating group) is 2. The van der Waals surface area contributed by atoms with Crippen LogP contribution in [0.3, 0.4) is 0 Å². The number of carbonyl (C=O) groups is 1. The van der Waals surface area contributed by atoms with Crippen LogP contribution in [0.15, 0.2) is 18.2 Å². The van der Waals surface area contributed by atoms with E-state index >= 15 is 0 Å². The summed E-state index contributed by atoms with van der Waals surface area (Å²) in [6.07, 6.45) is 1.12. The van der Waals surface area contributed by atoms with Gasteiger partial charge in [-0.15, -0.1) is 0 Å². The maximum atomic E-state index is 11.1. The summed E-state index contributed by atoms with van der Waals surface area (Å²) in [4.78, 5) is 13.3. The predicted octanol–water partition coefficient (Wildman–Crippen LogP) is 0.514. The highest BCUT2D eigenvalue weighted by atomic mass is 16.1. The van der Waals surface area contributed by atoms with Crippen molar-refractivity contribution >= 4 is 11.6 Å². The lowest BCUT2D eigenvalue weighted by Crippen LogP contribution is -2.30. The molecular weight excluding hydrogens is 214 g/mol. The molecule has 0 spiro atoms. The Bertz CT molecular complexity index is 417. The van der Waals surface area contributed by atoms with Crippen LogP contribution in [0.5, 0.6) is 0 Å². The van der Waals surface area contributed by atoms with Gasteiger partial charge in [0.1, 0.15) is 0 Å². The summed E-state index contributed by atoms with van der Waals surface area (Å²) in [5.74, 6) is 0.0193. The third-order valence-corrected chi connectivity index (χ3v) is 3.17. The van der Waals surface area contributed by atoms with E-state index in [9.17, 15) is 4.79 Å². The molecule has 0 fully saturated rings. The maximum absolute atomic E-state index is 11.1. The van der Waals surface area contributed by atoms with E-state index in [0.717, 1.165) is 19.5 Å². The van der Waals surface area contributed by atoms with Crippen molar-refractivity contribution in [1.82, 2.24) is 10.6 Å². The molecule has 2 rings (SSSR count). The van der Waals surface area contributed by atoms with Gasteiger partial charge in [0, 0.05) is 32.9 Å². The number of fused-ring (bicyclic) bond motifs is 1. The minimum atomic E-state index is 0.0193. The highest BCUT2D eigenvalue weighted by Crippen LogP contribution is 2.27. The summed E-state index contributed by atoms with van der Waals surface area (Å²) in [7, 11) is 3.77. The summed E-state index contributed by atoms with van der Waals surface area (Å²) >= 11 is 0. The molecular formula is C13H19N3O. The average molecular weight is 233 g/mol. The number of anilines is 1. The van der Waals surface area contributed by atoms with Gasteiger partial charge in [0.05, 0.1) is 6.54 Å². The lowest BCUT2D eigenvalue weighted by atomic mass is 10.1. The van der Waals surface area contributed by atoms with Crippen molar-refractivity contribution < 1.29 is 4.79 Å². The Morgan fingerprint density at radius 3 is 3.06 bits per heavy atom. The van der Waals surface area contributed by atoms with Crippen molar-refractivity contribution in [3.63, 3.8) is 0 Å². The first kappa shape index (κ1) is 11.9. The van der Waals surface area contributed by atoms with Gasteiger partial charge in [-0.2, -0.15) is 0 Å². The molecule has 0 radical (unpaired) electrons. The highest BCUT2D eigenvalue weighted by molar-refractivity contribution is 5.77.